The summed E-state index contributed by atoms with van der Waals surface area (Å²) in [5, 5.41) is 0. The van der Waals surface area contributed by atoms with E-state index in [1.165, 1.54) is 12.1 Å². The van der Waals surface area contributed by atoms with Crippen molar-refractivity contribution < 1.29 is 27.2 Å². The Kier molecular flexibility index (Phi) is 7.70. The Morgan fingerprint density at radius 3 is 2.31 bits per heavy atom. The number of likely N-dealkylation sites (tertiary alicyclic amines) is 1. The number of rotatable bonds is 5. The summed E-state index contributed by atoms with van der Waals surface area (Å²) in [6.07, 6.45) is 0.314. The van der Waals surface area contributed by atoms with Gasteiger partial charge in [0.15, 0.2) is 5.76 Å². The van der Waals surface area contributed by atoms with Crippen LogP contribution in [-0.4, -0.2) is 76.8 Å². The third kappa shape index (κ3) is 6.13. The van der Waals surface area contributed by atoms with Crippen molar-refractivity contribution in [2.24, 2.45) is 5.92 Å². The summed E-state index contributed by atoms with van der Waals surface area (Å²) in [6.45, 7) is 6.08. The molecule has 2 aliphatic heterocycles. The number of halogens is 3. The molecular formula is C28H33F3N4O4. The highest BCUT2D eigenvalue weighted by molar-refractivity contribution is 5.98. The number of carbonyl (C=O) groups is 2. The molecule has 2 fully saturated rings. The lowest BCUT2D eigenvalue weighted by atomic mass is 9.88. The molecule has 39 heavy (non-hydrogen) atoms. The van der Waals surface area contributed by atoms with E-state index in [1.807, 2.05) is 16.7 Å². The lowest BCUT2D eigenvalue weighted by Crippen LogP contribution is -2.55. The number of nitrogens with one attached hydrogen (secondary N) is 1. The molecule has 1 N–H and O–H groups in total. The Bertz CT molecular complexity index is 1280. The molecule has 1 aliphatic carbocycles. The van der Waals surface area contributed by atoms with Crippen LogP contribution in [0.2, 0.25) is 0 Å². The number of piperidine rings is 1. The van der Waals surface area contributed by atoms with Gasteiger partial charge >= 0.3 is 11.9 Å². The average Bonchev–Trinajstić information content (AvgIpc) is 3.29. The fraction of sp³-hybridized carbons (Fsp3) is 0.536. The number of fused-ring (bicyclic) bond motifs is 1. The molecule has 1 aromatic carbocycles. The fourth-order valence-corrected chi connectivity index (χ4v) is 5.84. The molecule has 0 saturated carbocycles. The van der Waals surface area contributed by atoms with Gasteiger partial charge in [-0.1, -0.05) is 19.1 Å². The van der Waals surface area contributed by atoms with Gasteiger partial charge in [-0.3, -0.25) is 19.5 Å². The highest BCUT2D eigenvalue weighted by Gasteiger charge is 2.34. The number of hydrogen-bond acceptors (Lipinski definition) is 5. The summed E-state index contributed by atoms with van der Waals surface area (Å²) in [5.74, 6) is -0.0342. The number of hydrogen-bond donors (Lipinski definition) is 1. The van der Waals surface area contributed by atoms with E-state index in [4.69, 9.17) is 4.42 Å². The summed E-state index contributed by atoms with van der Waals surface area (Å²) in [5.41, 5.74) is 1.44. The number of H-pyrrole nitrogens is 1. The van der Waals surface area contributed by atoms with Crippen LogP contribution in [0.1, 0.15) is 48.8 Å². The fourth-order valence-electron chi connectivity index (χ4n) is 5.84. The number of oxazole rings is 1. The number of alkyl halides is 3. The molecule has 0 bridgehead atoms. The van der Waals surface area contributed by atoms with Gasteiger partial charge in [0.05, 0.1) is 11.3 Å². The minimum Gasteiger partial charge on any atom is -0.408 e. The summed E-state index contributed by atoms with van der Waals surface area (Å²) in [7, 11) is 0. The molecule has 2 saturated heterocycles. The average molecular weight is 547 g/mol. The summed E-state index contributed by atoms with van der Waals surface area (Å²) < 4.78 is 43.4. The van der Waals surface area contributed by atoms with Gasteiger partial charge in [0.1, 0.15) is 0 Å². The molecule has 5 rings (SSSR count). The number of nitrogens with zero attached hydrogens (tertiary/aromatic N) is 3. The van der Waals surface area contributed by atoms with Crippen LogP contribution in [0, 0.1) is 5.92 Å². The number of aromatic amines is 1. The van der Waals surface area contributed by atoms with E-state index < -0.39 is 17.5 Å². The van der Waals surface area contributed by atoms with E-state index in [0.29, 0.717) is 62.0 Å². The van der Waals surface area contributed by atoms with Gasteiger partial charge in [-0.2, -0.15) is 13.2 Å². The molecule has 1 unspecified atom stereocenters. The minimum atomic E-state index is -4.36. The molecule has 3 heterocycles. The Morgan fingerprint density at radius 1 is 1.00 bits per heavy atom. The van der Waals surface area contributed by atoms with Gasteiger partial charge in [0.25, 0.3) is 0 Å². The molecule has 0 radical (unpaired) electrons. The molecule has 1 aromatic heterocycles. The SMILES string of the molecule is CC1Cc2[nH]c(=O)oc2C=C1C(=O)N1CCC(N2CCN(C(=O)CCc3ccc(C(F)(F)F)cc3)CC2)CC1. The predicted molar refractivity (Wildman–Crippen MR) is 138 cm³/mol. The maximum absolute atomic E-state index is 13.2. The minimum absolute atomic E-state index is 0.000777. The number of aryl methyl sites for hydroxylation is 1. The molecule has 3 aliphatic rings. The number of piperazine rings is 1. The maximum Gasteiger partial charge on any atom is 0.417 e. The molecule has 1 atom stereocenters. The van der Waals surface area contributed by atoms with Crippen LogP contribution < -0.4 is 5.76 Å². The summed E-state index contributed by atoms with van der Waals surface area (Å²) in [6, 6.07) is 5.34. The second-order valence-corrected chi connectivity index (χ2v) is 10.7. The largest absolute Gasteiger partial charge is 0.417 e. The van der Waals surface area contributed by atoms with Gasteiger partial charge in [-0.15, -0.1) is 0 Å². The van der Waals surface area contributed by atoms with Gasteiger partial charge in [0, 0.05) is 57.3 Å². The molecule has 2 amide bonds. The lowest BCUT2D eigenvalue weighted by molar-refractivity contribution is -0.137. The topological polar surface area (TPSA) is 89.9 Å². The van der Waals surface area contributed by atoms with Crippen LogP contribution in [0.4, 0.5) is 13.2 Å². The summed E-state index contributed by atoms with van der Waals surface area (Å²) in [4.78, 5) is 46.2. The first-order chi connectivity index (χ1) is 18.6. The zero-order chi connectivity index (χ0) is 27.7. The van der Waals surface area contributed by atoms with E-state index in [0.717, 1.165) is 43.8 Å². The predicted octanol–water partition coefficient (Wildman–Crippen LogP) is 3.33. The Labute approximate surface area is 224 Å². The van der Waals surface area contributed by atoms with Crippen molar-refractivity contribution in [3.05, 3.63) is 63.0 Å². The second-order valence-electron chi connectivity index (χ2n) is 10.7. The monoisotopic (exact) mass is 546 g/mol. The number of carbonyl (C=O) groups excluding carboxylic acids is 2. The van der Waals surface area contributed by atoms with E-state index in [9.17, 15) is 27.6 Å². The highest BCUT2D eigenvalue weighted by Crippen LogP contribution is 2.30. The molecule has 8 nitrogen and oxygen atoms in total. The zero-order valence-electron chi connectivity index (χ0n) is 21.9. The first-order valence-corrected chi connectivity index (χ1v) is 13.5. The van der Waals surface area contributed by atoms with E-state index >= 15 is 0 Å². The van der Waals surface area contributed by atoms with Crippen molar-refractivity contribution >= 4 is 17.9 Å². The van der Waals surface area contributed by atoms with Gasteiger partial charge in [0.2, 0.25) is 11.8 Å². The Balaban J connectivity index is 1.06. The van der Waals surface area contributed by atoms with Crippen LogP contribution in [0.25, 0.3) is 6.08 Å². The molecule has 11 heteroatoms. The van der Waals surface area contributed by atoms with E-state index in [2.05, 4.69) is 9.88 Å². The quantitative estimate of drug-likeness (QED) is 0.622. The van der Waals surface area contributed by atoms with E-state index in [-0.39, 0.29) is 24.2 Å². The van der Waals surface area contributed by atoms with Crippen molar-refractivity contribution in [2.45, 2.75) is 51.2 Å². The number of benzene rings is 1. The lowest BCUT2D eigenvalue weighted by Gasteiger charge is -2.43. The van der Waals surface area contributed by atoms with Crippen molar-refractivity contribution in [2.75, 3.05) is 39.3 Å². The van der Waals surface area contributed by atoms with Crippen LogP contribution in [-0.2, 0) is 28.6 Å². The first-order valence-electron chi connectivity index (χ1n) is 13.5. The molecular weight excluding hydrogens is 513 g/mol. The van der Waals surface area contributed by atoms with Crippen molar-refractivity contribution in [1.82, 2.24) is 19.7 Å². The highest BCUT2D eigenvalue weighted by atomic mass is 19.4. The first kappa shape index (κ1) is 27.2. The molecule has 0 spiro atoms. The third-order valence-electron chi connectivity index (χ3n) is 8.17. The molecule has 2 aromatic rings. The van der Waals surface area contributed by atoms with Crippen LogP contribution >= 0.6 is 0 Å². The summed E-state index contributed by atoms with van der Waals surface area (Å²) >= 11 is 0. The normalized spacial score (nSPS) is 21.0. The third-order valence-corrected chi connectivity index (χ3v) is 8.17. The Hall–Kier alpha value is -3.34. The van der Waals surface area contributed by atoms with Gasteiger partial charge in [-0.25, -0.2) is 4.79 Å². The Morgan fingerprint density at radius 2 is 1.67 bits per heavy atom. The van der Waals surface area contributed by atoms with Gasteiger partial charge in [-0.05, 0) is 55.4 Å². The zero-order valence-corrected chi connectivity index (χ0v) is 21.9. The van der Waals surface area contributed by atoms with Crippen LogP contribution in [0.15, 0.2) is 39.1 Å². The standard InChI is InChI=1S/C28H33F3N4O4/c1-18-16-23-24(39-27(38)32-23)17-22(18)26(37)35-10-8-21(9-11-35)33-12-14-34(15-13-33)25(36)7-4-19-2-5-20(6-3-19)28(29,30)31/h2-3,5-6,17-18,21H,4,7-16H2,1H3,(H,32,38). The van der Waals surface area contributed by atoms with Crippen molar-refractivity contribution in [3.63, 3.8) is 0 Å². The molecule has 210 valence electrons. The second kappa shape index (κ2) is 11.0. The number of aromatic nitrogens is 1. The van der Waals surface area contributed by atoms with Crippen LogP contribution in [0.5, 0.6) is 0 Å². The van der Waals surface area contributed by atoms with Crippen molar-refractivity contribution in [1.29, 1.82) is 0 Å². The maximum atomic E-state index is 13.2. The van der Waals surface area contributed by atoms with Gasteiger partial charge < -0.3 is 14.2 Å². The number of amides is 2. The smallest absolute Gasteiger partial charge is 0.408 e. The van der Waals surface area contributed by atoms with Crippen LogP contribution in [0.3, 0.4) is 0 Å². The van der Waals surface area contributed by atoms with Crippen molar-refractivity contribution in [3.8, 4) is 0 Å². The van der Waals surface area contributed by atoms with E-state index in [1.54, 1.807) is 6.08 Å².